The first kappa shape index (κ1) is 21.0. The van der Waals surface area contributed by atoms with Crippen LogP contribution in [0.2, 0.25) is 0 Å². The molecule has 6 nitrogen and oxygen atoms in total. The number of benzene rings is 1. The predicted octanol–water partition coefficient (Wildman–Crippen LogP) is 4.26. The van der Waals surface area contributed by atoms with Crippen LogP contribution in [0.5, 0.6) is 5.75 Å². The van der Waals surface area contributed by atoms with E-state index in [4.69, 9.17) is 9.72 Å². The molecule has 0 spiro atoms. The molecule has 0 radical (unpaired) electrons. The fraction of sp³-hybridized carbons (Fsp3) is 0.333. The molecular weight excluding hydrogens is 440 g/mol. The molecule has 0 saturated carbocycles. The van der Waals surface area contributed by atoms with E-state index >= 15 is 0 Å². The zero-order valence-corrected chi connectivity index (χ0v) is 19.4. The lowest BCUT2D eigenvalue weighted by Crippen LogP contribution is -2.36. The van der Waals surface area contributed by atoms with E-state index in [1.165, 1.54) is 12.1 Å². The zero-order chi connectivity index (χ0) is 21.5. The highest BCUT2D eigenvalue weighted by Crippen LogP contribution is 2.35. The Balaban J connectivity index is 1.64. The van der Waals surface area contributed by atoms with Gasteiger partial charge in [0.2, 0.25) is 0 Å². The van der Waals surface area contributed by atoms with Gasteiger partial charge in [-0.05, 0) is 43.5 Å². The number of carbonyl (C=O) groups excluding carboxylic acids is 1. The minimum absolute atomic E-state index is 0.109. The van der Waals surface area contributed by atoms with Crippen molar-refractivity contribution >= 4 is 38.4 Å². The van der Waals surface area contributed by atoms with Crippen molar-refractivity contribution in [1.82, 2.24) is 9.88 Å². The Morgan fingerprint density at radius 2 is 2.07 bits per heavy atom. The number of carbonyl (C=O) groups is 1. The van der Waals surface area contributed by atoms with E-state index in [9.17, 15) is 13.2 Å². The van der Waals surface area contributed by atoms with Gasteiger partial charge in [0.15, 0.2) is 9.84 Å². The fourth-order valence-corrected chi connectivity index (χ4v) is 5.88. The van der Waals surface area contributed by atoms with Crippen molar-refractivity contribution in [2.45, 2.75) is 37.8 Å². The van der Waals surface area contributed by atoms with E-state index in [-0.39, 0.29) is 22.5 Å². The summed E-state index contributed by atoms with van der Waals surface area (Å²) < 4.78 is 29.8. The number of hydrogen-bond acceptors (Lipinski definition) is 7. The van der Waals surface area contributed by atoms with Crippen molar-refractivity contribution < 1.29 is 17.9 Å². The number of amides is 1. The van der Waals surface area contributed by atoms with E-state index in [2.05, 4.69) is 0 Å². The highest BCUT2D eigenvalue weighted by Gasteiger charge is 2.28. The summed E-state index contributed by atoms with van der Waals surface area (Å²) in [7, 11) is -3.44. The summed E-state index contributed by atoms with van der Waals surface area (Å²) in [5.41, 5.74) is 1.31. The third-order valence-electron chi connectivity index (χ3n) is 4.72. The maximum Gasteiger partial charge on any atom is 0.258 e. The summed E-state index contributed by atoms with van der Waals surface area (Å²) in [6.07, 6.45) is 1.68. The number of sulfone groups is 1. The zero-order valence-electron chi connectivity index (χ0n) is 16.9. The summed E-state index contributed by atoms with van der Waals surface area (Å²) in [5.74, 6) is 0.171. The summed E-state index contributed by atoms with van der Waals surface area (Å²) >= 11 is 3.26. The molecule has 1 aliphatic rings. The van der Waals surface area contributed by atoms with E-state index in [1.54, 1.807) is 33.6 Å². The lowest BCUT2D eigenvalue weighted by atomic mass is 10.1. The molecule has 1 aromatic carbocycles. The monoisotopic (exact) mass is 462 g/mol. The van der Waals surface area contributed by atoms with Crippen LogP contribution < -0.4 is 4.74 Å². The van der Waals surface area contributed by atoms with Crippen molar-refractivity contribution in [3.8, 4) is 15.6 Å². The second kappa shape index (κ2) is 8.13. The lowest BCUT2D eigenvalue weighted by Gasteiger charge is -2.27. The lowest BCUT2D eigenvalue weighted by molar-refractivity contribution is 0.0729. The van der Waals surface area contributed by atoms with Gasteiger partial charge in [0.1, 0.15) is 10.8 Å². The van der Waals surface area contributed by atoms with Crippen LogP contribution in [0, 0.1) is 0 Å². The van der Waals surface area contributed by atoms with E-state index < -0.39 is 9.84 Å². The number of thiazole rings is 1. The van der Waals surface area contributed by atoms with Gasteiger partial charge < -0.3 is 9.64 Å². The molecule has 2 aromatic heterocycles. The molecule has 0 N–H and O–H groups in total. The molecule has 0 aliphatic carbocycles. The summed E-state index contributed by atoms with van der Waals surface area (Å²) in [6, 6.07) is 8.52. The van der Waals surface area contributed by atoms with Crippen LogP contribution in [0.25, 0.3) is 9.88 Å². The minimum Gasteiger partial charge on any atom is -0.490 e. The Hall–Kier alpha value is -2.23. The SMILES string of the molecule is CC(C)Oc1ccc(S(C)(=O)=O)cc1C(=O)N1CCc2nc(-c3cccs3)sc2C1. The number of fused-ring (bicyclic) bond motifs is 1. The van der Waals surface area contributed by atoms with Gasteiger partial charge in [-0.25, -0.2) is 13.4 Å². The van der Waals surface area contributed by atoms with E-state index in [1.807, 2.05) is 31.4 Å². The molecule has 3 aromatic rings. The average Bonchev–Trinajstić information content (AvgIpc) is 3.35. The number of rotatable bonds is 5. The Labute approximate surface area is 184 Å². The highest BCUT2D eigenvalue weighted by atomic mass is 32.2. The van der Waals surface area contributed by atoms with Crippen LogP contribution >= 0.6 is 22.7 Å². The first-order valence-corrected chi connectivity index (χ1v) is 13.1. The van der Waals surface area contributed by atoms with Gasteiger partial charge in [0.25, 0.3) is 5.91 Å². The normalized spacial score (nSPS) is 14.1. The topological polar surface area (TPSA) is 76.6 Å². The molecule has 30 heavy (non-hydrogen) atoms. The van der Waals surface area contributed by atoms with Gasteiger partial charge in [-0.3, -0.25) is 4.79 Å². The van der Waals surface area contributed by atoms with Crippen molar-refractivity contribution in [2.75, 3.05) is 12.8 Å². The van der Waals surface area contributed by atoms with Crippen LogP contribution in [0.1, 0.15) is 34.8 Å². The maximum atomic E-state index is 13.4. The van der Waals surface area contributed by atoms with Gasteiger partial charge in [-0.2, -0.15) is 0 Å². The standard InChI is InChI=1S/C21H22N2O4S3/c1-13(2)27-17-7-6-14(30(3,25)26)11-15(17)21(24)23-9-8-16-19(12-23)29-20(22-16)18-5-4-10-28-18/h4-7,10-11,13H,8-9,12H2,1-3H3. The van der Waals surface area contributed by atoms with Crippen LogP contribution in [-0.4, -0.2) is 43.1 Å². The van der Waals surface area contributed by atoms with Crippen LogP contribution in [0.15, 0.2) is 40.6 Å². The molecule has 0 bridgehead atoms. The summed E-state index contributed by atoms with van der Waals surface area (Å²) in [6.45, 7) is 4.73. The first-order valence-electron chi connectivity index (χ1n) is 9.55. The van der Waals surface area contributed by atoms with Crippen molar-refractivity contribution in [3.63, 3.8) is 0 Å². The number of ether oxygens (including phenoxy) is 1. The van der Waals surface area contributed by atoms with Gasteiger partial charge >= 0.3 is 0 Å². The van der Waals surface area contributed by atoms with Crippen LogP contribution in [0.3, 0.4) is 0 Å². The molecule has 9 heteroatoms. The van der Waals surface area contributed by atoms with Gasteiger partial charge in [-0.15, -0.1) is 22.7 Å². The van der Waals surface area contributed by atoms with Crippen molar-refractivity contribution in [2.24, 2.45) is 0 Å². The largest absolute Gasteiger partial charge is 0.490 e. The number of nitrogens with zero attached hydrogens (tertiary/aromatic N) is 2. The van der Waals surface area contributed by atoms with Crippen LogP contribution in [0.4, 0.5) is 0 Å². The summed E-state index contributed by atoms with van der Waals surface area (Å²) in [5, 5.41) is 3.00. The number of hydrogen-bond donors (Lipinski definition) is 0. The molecular formula is C21H22N2O4S3. The highest BCUT2D eigenvalue weighted by molar-refractivity contribution is 7.90. The second-order valence-corrected chi connectivity index (χ2v) is 11.5. The molecule has 0 atom stereocenters. The fourth-order valence-electron chi connectivity index (χ4n) is 3.31. The molecule has 0 fully saturated rings. The predicted molar refractivity (Wildman–Crippen MR) is 119 cm³/mol. The van der Waals surface area contributed by atoms with Gasteiger partial charge in [0, 0.05) is 24.1 Å². The second-order valence-electron chi connectivity index (χ2n) is 7.44. The third-order valence-corrected chi connectivity index (χ3v) is 7.95. The summed E-state index contributed by atoms with van der Waals surface area (Å²) in [4.78, 5) is 22.2. The van der Waals surface area contributed by atoms with Crippen molar-refractivity contribution in [3.05, 3.63) is 51.8 Å². The molecule has 3 heterocycles. The molecule has 4 rings (SSSR count). The minimum atomic E-state index is -3.44. The molecule has 1 aliphatic heterocycles. The third kappa shape index (κ3) is 4.28. The Morgan fingerprint density at radius 1 is 1.27 bits per heavy atom. The van der Waals surface area contributed by atoms with E-state index in [0.29, 0.717) is 25.3 Å². The molecule has 158 valence electrons. The average molecular weight is 463 g/mol. The number of thiophene rings is 1. The maximum absolute atomic E-state index is 13.4. The molecule has 1 amide bonds. The molecule has 0 saturated heterocycles. The Bertz CT molecular complexity index is 1180. The Kier molecular flexibility index (Phi) is 5.69. The first-order chi connectivity index (χ1) is 14.2. The smallest absolute Gasteiger partial charge is 0.258 e. The number of aromatic nitrogens is 1. The van der Waals surface area contributed by atoms with Crippen molar-refractivity contribution in [1.29, 1.82) is 0 Å². The Morgan fingerprint density at radius 3 is 2.73 bits per heavy atom. The van der Waals surface area contributed by atoms with E-state index in [0.717, 1.165) is 26.7 Å². The van der Waals surface area contributed by atoms with Gasteiger partial charge in [-0.1, -0.05) is 6.07 Å². The molecule has 0 unspecified atom stereocenters. The van der Waals surface area contributed by atoms with Gasteiger partial charge in [0.05, 0.1) is 33.7 Å². The quantitative estimate of drug-likeness (QED) is 0.566. The van der Waals surface area contributed by atoms with Crippen LogP contribution in [-0.2, 0) is 22.8 Å².